The van der Waals surface area contributed by atoms with E-state index in [-0.39, 0.29) is 5.78 Å². The third-order valence-electron chi connectivity index (χ3n) is 0.886. The molecule has 1 unspecified atom stereocenters. The van der Waals surface area contributed by atoms with E-state index in [1.165, 1.54) is 17.8 Å². The average molecular weight is 130 g/mol. The van der Waals surface area contributed by atoms with Crippen molar-refractivity contribution in [2.75, 3.05) is 0 Å². The summed E-state index contributed by atoms with van der Waals surface area (Å²) < 4.78 is 0. The molecule has 1 heterocycles. The second-order valence-corrected chi connectivity index (χ2v) is 2.95. The van der Waals surface area contributed by atoms with Crippen LogP contribution < -0.4 is 0 Å². The number of rotatable bonds is 0. The van der Waals surface area contributed by atoms with E-state index in [2.05, 4.69) is 0 Å². The van der Waals surface area contributed by atoms with E-state index < -0.39 is 5.44 Å². The van der Waals surface area contributed by atoms with E-state index in [4.69, 9.17) is 5.11 Å². The fourth-order valence-corrected chi connectivity index (χ4v) is 1.26. The van der Waals surface area contributed by atoms with Crippen molar-refractivity contribution in [2.24, 2.45) is 0 Å². The molecule has 8 heavy (non-hydrogen) atoms. The Morgan fingerprint density at radius 3 is 2.62 bits per heavy atom. The maximum absolute atomic E-state index is 10.4. The predicted molar refractivity (Wildman–Crippen MR) is 32.4 cm³/mol. The molecule has 0 aromatic carbocycles. The number of ketones is 1. The van der Waals surface area contributed by atoms with Crippen LogP contribution in [0.4, 0.5) is 0 Å². The van der Waals surface area contributed by atoms with Gasteiger partial charge in [-0.1, -0.05) is 11.8 Å². The number of thioether (sulfide) groups is 1. The summed E-state index contributed by atoms with van der Waals surface area (Å²) in [4.78, 5) is 11.3. The second kappa shape index (κ2) is 1.91. The lowest BCUT2D eigenvalue weighted by Crippen LogP contribution is -2.07. The summed E-state index contributed by atoms with van der Waals surface area (Å²) in [5.74, 6) is -0.187. The largest absolute Gasteiger partial charge is 0.374 e. The molecular weight excluding hydrogens is 124 g/mol. The van der Waals surface area contributed by atoms with Gasteiger partial charge in [-0.25, -0.2) is 0 Å². The van der Waals surface area contributed by atoms with E-state index in [9.17, 15) is 4.79 Å². The first-order chi connectivity index (χ1) is 3.70. The van der Waals surface area contributed by atoms with E-state index in [1.807, 2.05) is 0 Å². The van der Waals surface area contributed by atoms with Crippen molar-refractivity contribution in [2.45, 2.75) is 12.4 Å². The van der Waals surface area contributed by atoms with Crippen LogP contribution in [0, 0.1) is 0 Å². The molecule has 0 aliphatic carbocycles. The summed E-state index contributed by atoms with van der Waals surface area (Å²) in [5.41, 5.74) is -0.824. The van der Waals surface area contributed by atoms with Gasteiger partial charge in [-0.15, -0.1) is 0 Å². The molecule has 1 aliphatic heterocycles. The molecule has 1 aliphatic rings. The quantitative estimate of drug-likeness (QED) is 0.519. The van der Waals surface area contributed by atoms with Crippen molar-refractivity contribution in [3.05, 3.63) is 11.0 Å². The maximum atomic E-state index is 10.4. The molecule has 0 aromatic rings. The van der Waals surface area contributed by atoms with Crippen LogP contribution in [0.25, 0.3) is 0 Å². The predicted octanol–water partition coefficient (Wildman–Crippen LogP) is 0.524. The summed E-state index contributed by atoms with van der Waals surface area (Å²) in [7, 11) is 0. The zero-order valence-corrected chi connectivity index (χ0v) is 5.23. The third kappa shape index (κ3) is 0.928. The molecule has 0 aromatic heterocycles. The lowest BCUT2D eigenvalue weighted by molar-refractivity contribution is -0.118. The van der Waals surface area contributed by atoms with Crippen LogP contribution in [0.15, 0.2) is 11.0 Å². The van der Waals surface area contributed by atoms with Crippen LogP contribution in [0.5, 0.6) is 0 Å². The van der Waals surface area contributed by atoms with Crippen LogP contribution in [-0.4, -0.2) is 16.3 Å². The molecule has 0 saturated heterocycles. The molecule has 1 N–H and O–H groups in total. The Labute approximate surface area is 51.6 Å². The van der Waals surface area contributed by atoms with Gasteiger partial charge in [0, 0.05) is 0 Å². The normalized spacial score (nSPS) is 28.5. The molecule has 0 fully saturated rings. The summed E-state index contributed by atoms with van der Waals surface area (Å²) >= 11 is 1.20. The van der Waals surface area contributed by atoms with E-state index in [0.29, 0.717) is 0 Å². The molecule has 0 amide bonds. The molecule has 44 valence electrons. The molecule has 2 nitrogen and oxygen atoms in total. The standard InChI is InChI=1S/C5H6O2S/c1-3-2-4(6)5(7)8-3/h2,5,7H,1H3. The van der Waals surface area contributed by atoms with Crippen LogP contribution in [0.1, 0.15) is 6.92 Å². The van der Waals surface area contributed by atoms with E-state index in [0.717, 1.165) is 4.91 Å². The minimum absolute atomic E-state index is 0.187. The summed E-state index contributed by atoms with van der Waals surface area (Å²) in [5, 5.41) is 8.73. The number of aliphatic hydroxyl groups is 1. The number of carbonyl (C=O) groups is 1. The van der Waals surface area contributed by atoms with Gasteiger partial charge in [0.2, 0.25) is 0 Å². The lowest BCUT2D eigenvalue weighted by Gasteiger charge is -1.93. The molecule has 3 heteroatoms. The van der Waals surface area contributed by atoms with Crippen molar-refractivity contribution >= 4 is 17.5 Å². The van der Waals surface area contributed by atoms with Crippen molar-refractivity contribution < 1.29 is 9.90 Å². The zero-order valence-electron chi connectivity index (χ0n) is 4.42. The molecule has 1 atom stereocenters. The van der Waals surface area contributed by atoms with Crippen LogP contribution in [0.3, 0.4) is 0 Å². The fourth-order valence-electron chi connectivity index (χ4n) is 0.540. The van der Waals surface area contributed by atoms with Gasteiger partial charge in [0.25, 0.3) is 0 Å². The minimum Gasteiger partial charge on any atom is -0.374 e. The smallest absolute Gasteiger partial charge is 0.195 e. The number of aliphatic hydroxyl groups excluding tert-OH is 1. The number of allylic oxidation sites excluding steroid dienone is 1. The van der Waals surface area contributed by atoms with Gasteiger partial charge >= 0.3 is 0 Å². The van der Waals surface area contributed by atoms with Crippen molar-refractivity contribution in [3.63, 3.8) is 0 Å². The van der Waals surface area contributed by atoms with E-state index in [1.54, 1.807) is 6.92 Å². The molecule has 0 spiro atoms. The monoisotopic (exact) mass is 130 g/mol. The van der Waals surface area contributed by atoms with E-state index >= 15 is 0 Å². The Morgan fingerprint density at radius 2 is 2.50 bits per heavy atom. The number of hydrogen-bond acceptors (Lipinski definition) is 3. The highest BCUT2D eigenvalue weighted by Gasteiger charge is 2.20. The highest BCUT2D eigenvalue weighted by Crippen LogP contribution is 2.26. The minimum atomic E-state index is -0.824. The Morgan fingerprint density at radius 1 is 1.88 bits per heavy atom. The Bertz CT molecular complexity index is 151. The van der Waals surface area contributed by atoms with Gasteiger partial charge in [0.1, 0.15) is 0 Å². The van der Waals surface area contributed by atoms with Crippen molar-refractivity contribution in [1.82, 2.24) is 0 Å². The van der Waals surface area contributed by atoms with Crippen LogP contribution >= 0.6 is 11.8 Å². The second-order valence-electron chi connectivity index (χ2n) is 1.63. The number of carbonyl (C=O) groups excluding carboxylic acids is 1. The van der Waals surface area contributed by atoms with Gasteiger partial charge in [-0.05, 0) is 17.9 Å². The SMILES string of the molecule is CC1=CC(=O)C(O)S1. The average Bonchev–Trinajstić information content (AvgIpc) is 1.85. The third-order valence-corrected chi connectivity index (χ3v) is 1.83. The number of hydrogen-bond donors (Lipinski definition) is 1. The Kier molecular flexibility index (Phi) is 1.40. The summed E-state index contributed by atoms with van der Waals surface area (Å²) in [6, 6.07) is 0. The van der Waals surface area contributed by atoms with Crippen molar-refractivity contribution in [1.29, 1.82) is 0 Å². The first-order valence-electron chi connectivity index (χ1n) is 2.27. The lowest BCUT2D eigenvalue weighted by atomic mass is 10.4. The highest BCUT2D eigenvalue weighted by atomic mass is 32.2. The van der Waals surface area contributed by atoms with Crippen LogP contribution in [0.2, 0.25) is 0 Å². The first kappa shape index (κ1) is 5.85. The Balaban J connectivity index is 2.70. The molecule has 0 radical (unpaired) electrons. The summed E-state index contributed by atoms with van der Waals surface area (Å²) in [6.07, 6.45) is 1.45. The fraction of sp³-hybridized carbons (Fsp3) is 0.400. The van der Waals surface area contributed by atoms with Gasteiger partial charge < -0.3 is 5.11 Å². The highest BCUT2D eigenvalue weighted by molar-refractivity contribution is 8.04. The summed E-state index contributed by atoms with van der Waals surface area (Å²) in [6.45, 7) is 1.80. The molecule has 0 bridgehead atoms. The molecular formula is C5H6O2S. The van der Waals surface area contributed by atoms with Gasteiger partial charge in [0.15, 0.2) is 11.2 Å². The maximum Gasteiger partial charge on any atom is 0.195 e. The molecule has 0 saturated carbocycles. The van der Waals surface area contributed by atoms with Gasteiger partial charge in [-0.3, -0.25) is 4.79 Å². The van der Waals surface area contributed by atoms with Crippen LogP contribution in [-0.2, 0) is 4.79 Å². The van der Waals surface area contributed by atoms with Gasteiger partial charge in [-0.2, -0.15) is 0 Å². The topological polar surface area (TPSA) is 37.3 Å². The first-order valence-corrected chi connectivity index (χ1v) is 3.15. The molecule has 1 rings (SSSR count). The Hall–Kier alpha value is -0.280. The van der Waals surface area contributed by atoms with Crippen molar-refractivity contribution in [3.8, 4) is 0 Å². The zero-order chi connectivity index (χ0) is 6.15. The van der Waals surface area contributed by atoms with Gasteiger partial charge in [0.05, 0.1) is 0 Å².